The van der Waals surface area contributed by atoms with Gasteiger partial charge in [0.2, 0.25) is 5.60 Å². The van der Waals surface area contributed by atoms with Crippen LogP contribution in [0.3, 0.4) is 0 Å². The molecular formula is C10H18O4. The monoisotopic (exact) mass is 202 g/mol. The molecule has 14 heavy (non-hydrogen) atoms. The zero-order valence-corrected chi connectivity index (χ0v) is 9.63. The number of hydrogen-bond donors (Lipinski definition) is 0. The van der Waals surface area contributed by atoms with E-state index in [9.17, 15) is 9.59 Å². The maximum absolute atomic E-state index is 11.5. The Labute approximate surface area is 84.6 Å². The van der Waals surface area contributed by atoms with Crippen molar-refractivity contribution in [3.63, 3.8) is 0 Å². The Hall–Kier alpha value is -1.06. The van der Waals surface area contributed by atoms with Crippen LogP contribution in [-0.4, -0.2) is 24.6 Å². The summed E-state index contributed by atoms with van der Waals surface area (Å²) in [6.07, 6.45) is 0. The van der Waals surface area contributed by atoms with Crippen molar-refractivity contribution in [1.29, 1.82) is 0 Å². The highest BCUT2D eigenvalue weighted by Crippen LogP contribution is 2.21. The summed E-state index contributed by atoms with van der Waals surface area (Å²) in [6.45, 7) is 8.18. The Morgan fingerprint density at radius 3 is 1.64 bits per heavy atom. The van der Waals surface area contributed by atoms with Gasteiger partial charge in [-0.3, -0.25) is 4.79 Å². The van der Waals surface area contributed by atoms with Crippen LogP contribution in [0.25, 0.3) is 0 Å². The van der Waals surface area contributed by atoms with Gasteiger partial charge in [-0.25, -0.2) is 4.79 Å². The van der Waals surface area contributed by atoms with Gasteiger partial charge in [0.1, 0.15) is 0 Å². The van der Waals surface area contributed by atoms with Gasteiger partial charge in [-0.2, -0.15) is 0 Å². The summed E-state index contributed by atoms with van der Waals surface area (Å²) in [7, 11) is 1.26. The molecule has 0 rings (SSSR count). The molecule has 4 nitrogen and oxygen atoms in total. The van der Waals surface area contributed by atoms with Crippen molar-refractivity contribution in [2.75, 3.05) is 7.11 Å². The van der Waals surface area contributed by atoms with Crippen LogP contribution in [0.15, 0.2) is 0 Å². The molecule has 0 bridgehead atoms. The Morgan fingerprint density at radius 2 is 1.36 bits per heavy atom. The lowest BCUT2D eigenvalue weighted by Crippen LogP contribution is -2.41. The van der Waals surface area contributed by atoms with E-state index in [2.05, 4.69) is 4.74 Å². The zero-order chi connectivity index (χ0) is 11.6. The predicted octanol–water partition coefficient (Wildman–Crippen LogP) is 1.53. The molecule has 0 saturated heterocycles. The van der Waals surface area contributed by atoms with Crippen LogP contribution in [0.1, 0.15) is 34.6 Å². The molecule has 0 aliphatic carbocycles. The molecule has 0 aliphatic heterocycles. The second-order valence-corrected chi connectivity index (χ2v) is 4.64. The second kappa shape index (κ2) is 3.98. The third-order valence-electron chi connectivity index (χ3n) is 1.64. The Morgan fingerprint density at radius 1 is 0.929 bits per heavy atom. The van der Waals surface area contributed by atoms with Gasteiger partial charge in [-0.15, -0.1) is 0 Å². The molecule has 0 unspecified atom stereocenters. The lowest BCUT2D eigenvalue weighted by molar-refractivity contribution is -0.182. The maximum Gasteiger partial charge on any atom is 0.349 e. The van der Waals surface area contributed by atoms with Crippen LogP contribution in [-0.2, 0) is 19.1 Å². The van der Waals surface area contributed by atoms with Crippen LogP contribution >= 0.6 is 0 Å². The van der Waals surface area contributed by atoms with Crippen molar-refractivity contribution < 1.29 is 19.1 Å². The van der Waals surface area contributed by atoms with Crippen molar-refractivity contribution in [1.82, 2.24) is 0 Å². The highest BCUT2D eigenvalue weighted by atomic mass is 16.6. The lowest BCUT2D eigenvalue weighted by atomic mass is 9.97. The number of carbonyl (C=O) groups is 2. The molecule has 0 aliphatic rings. The van der Waals surface area contributed by atoms with Gasteiger partial charge in [0.05, 0.1) is 12.5 Å². The molecule has 0 N–H and O–H groups in total. The fourth-order valence-electron chi connectivity index (χ4n) is 0.672. The standard InChI is InChI=1S/C10H18O4/c1-9(2,3)7(11)14-10(4,5)8(12)13-6/h1-6H3. The highest BCUT2D eigenvalue weighted by molar-refractivity contribution is 5.84. The van der Waals surface area contributed by atoms with E-state index in [1.54, 1.807) is 20.8 Å². The quantitative estimate of drug-likeness (QED) is 0.637. The SMILES string of the molecule is COC(=O)C(C)(C)OC(=O)C(C)(C)C. The van der Waals surface area contributed by atoms with E-state index in [4.69, 9.17) is 4.74 Å². The van der Waals surface area contributed by atoms with Crippen molar-refractivity contribution in [3.8, 4) is 0 Å². The summed E-state index contributed by atoms with van der Waals surface area (Å²) >= 11 is 0. The minimum atomic E-state index is -1.22. The average molecular weight is 202 g/mol. The number of esters is 2. The molecule has 0 aromatic rings. The minimum Gasteiger partial charge on any atom is -0.466 e. The molecule has 0 radical (unpaired) electrons. The number of carbonyl (C=O) groups excluding carboxylic acids is 2. The van der Waals surface area contributed by atoms with Gasteiger partial charge in [-0.1, -0.05) is 0 Å². The normalized spacial score (nSPS) is 12.1. The van der Waals surface area contributed by atoms with Crippen molar-refractivity contribution >= 4 is 11.9 Å². The number of rotatable bonds is 2. The number of ether oxygens (including phenoxy) is 2. The van der Waals surface area contributed by atoms with E-state index in [1.165, 1.54) is 21.0 Å². The third kappa shape index (κ3) is 3.36. The molecule has 0 fully saturated rings. The van der Waals surface area contributed by atoms with Crippen LogP contribution < -0.4 is 0 Å². The first-order valence-electron chi connectivity index (χ1n) is 4.43. The molecule has 0 aromatic carbocycles. The van der Waals surface area contributed by atoms with Crippen molar-refractivity contribution in [3.05, 3.63) is 0 Å². The van der Waals surface area contributed by atoms with E-state index >= 15 is 0 Å². The van der Waals surface area contributed by atoms with Crippen LogP contribution in [0.2, 0.25) is 0 Å². The Balaban J connectivity index is 4.53. The highest BCUT2D eigenvalue weighted by Gasteiger charge is 2.36. The molecule has 0 spiro atoms. The Kier molecular flexibility index (Phi) is 3.68. The van der Waals surface area contributed by atoms with Gasteiger partial charge in [0, 0.05) is 0 Å². The largest absolute Gasteiger partial charge is 0.466 e. The molecule has 0 atom stereocenters. The minimum absolute atomic E-state index is 0.423. The molecule has 0 saturated carbocycles. The summed E-state index contributed by atoms with van der Waals surface area (Å²) in [5.41, 5.74) is -1.84. The van der Waals surface area contributed by atoms with Gasteiger partial charge >= 0.3 is 11.9 Å². The topological polar surface area (TPSA) is 52.6 Å². The predicted molar refractivity (Wildman–Crippen MR) is 51.6 cm³/mol. The number of methoxy groups -OCH3 is 1. The van der Waals surface area contributed by atoms with Gasteiger partial charge < -0.3 is 9.47 Å². The molecule has 4 heteroatoms. The van der Waals surface area contributed by atoms with Gasteiger partial charge in [-0.05, 0) is 34.6 Å². The van der Waals surface area contributed by atoms with Crippen molar-refractivity contribution in [2.45, 2.75) is 40.2 Å². The molecule has 0 heterocycles. The summed E-state index contributed by atoms with van der Waals surface area (Å²) in [6, 6.07) is 0. The number of hydrogen-bond acceptors (Lipinski definition) is 4. The summed E-state index contributed by atoms with van der Waals surface area (Å²) < 4.78 is 9.55. The van der Waals surface area contributed by atoms with E-state index in [1.807, 2.05) is 0 Å². The first-order valence-corrected chi connectivity index (χ1v) is 4.43. The average Bonchev–Trinajstić information content (AvgIpc) is 2.00. The maximum atomic E-state index is 11.5. The first kappa shape index (κ1) is 12.9. The van der Waals surface area contributed by atoms with E-state index in [0.29, 0.717) is 0 Å². The zero-order valence-electron chi connectivity index (χ0n) is 9.63. The van der Waals surface area contributed by atoms with E-state index in [-0.39, 0.29) is 0 Å². The second-order valence-electron chi connectivity index (χ2n) is 4.64. The summed E-state index contributed by atoms with van der Waals surface area (Å²) in [5, 5.41) is 0. The van der Waals surface area contributed by atoms with Crippen LogP contribution in [0, 0.1) is 5.41 Å². The van der Waals surface area contributed by atoms with Crippen LogP contribution in [0.4, 0.5) is 0 Å². The van der Waals surface area contributed by atoms with E-state index < -0.39 is 23.0 Å². The molecule has 0 aromatic heterocycles. The van der Waals surface area contributed by atoms with Gasteiger partial charge in [0.25, 0.3) is 0 Å². The summed E-state index contributed by atoms with van der Waals surface area (Å²) in [5.74, 6) is -0.983. The smallest absolute Gasteiger partial charge is 0.349 e. The third-order valence-corrected chi connectivity index (χ3v) is 1.64. The van der Waals surface area contributed by atoms with Gasteiger partial charge in [0.15, 0.2) is 0 Å². The molecule has 0 amide bonds. The Bertz CT molecular complexity index is 235. The summed E-state index contributed by atoms with van der Waals surface area (Å²) in [4.78, 5) is 22.7. The molecular weight excluding hydrogens is 184 g/mol. The fraction of sp³-hybridized carbons (Fsp3) is 0.800. The van der Waals surface area contributed by atoms with Crippen molar-refractivity contribution in [2.24, 2.45) is 5.41 Å². The fourth-order valence-corrected chi connectivity index (χ4v) is 0.672. The van der Waals surface area contributed by atoms with Crippen LogP contribution in [0.5, 0.6) is 0 Å². The van der Waals surface area contributed by atoms with E-state index in [0.717, 1.165) is 0 Å². The lowest BCUT2D eigenvalue weighted by Gasteiger charge is -2.26. The first-order chi connectivity index (χ1) is 6.11. The molecule has 82 valence electrons.